The Morgan fingerprint density at radius 3 is 2.39 bits per heavy atom. The quantitative estimate of drug-likeness (QED) is 0.416. The minimum atomic E-state index is 0.665. The maximum absolute atomic E-state index is 5.58. The lowest BCUT2D eigenvalue weighted by atomic mass is 10.0. The summed E-state index contributed by atoms with van der Waals surface area (Å²) in [6, 6.07) is 16.7. The molecule has 2 heterocycles. The number of thiophene rings is 1. The van der Waals surface area contributed by atoms with E-state index >= 15 is 0 Å². The van der Waals surface area contributed by atoms with Crippen LogP contribution in [0.1, 0.15) is 24.3 Å². The maximum Gasteiger partial charge on any atom is 0.143 e. The fraction of sp³-hybridized carbons (Fsp3) is 0.217. The van der Waals surface area contributed by atoms with E-state index in [9.17, 15) is 0 Å². The fourth-order valence-corrected chi connectivity index (χ4v) is 4.34. The summed E-state index contributed by atoms with van der Waals surface area (Å²) in [6.45, 7) is 6.96. The highest BCUT2D eigenvalue weighted by atomic mass is 32.1. The van der Waals surface area contributed by atoms with Crippen LogP contribution < -0.4 is 10.1 Å². The Hall–Kier alpha value is -2.92. The molecule has 0 radical (unpaired) electrons. The summed E-state index contributed by atoms with van der Waals surface area (Å²) in [4.78, 5) is 11.3. The zero-order valence-corrected chi connectivity index (χ0v) is 17.1. The number of anilines is 2. The zero-order chi connectivity index (χ0) is 19.5. The third-order valence-electron chi connectivity index (χ3n) is 4.74. The van der Waals surface area contributed by atoms with Crippen LogP contribution in [0.3, 0.4) is 0 Å². The van der Waals surface area contributed by atoms with Gasteiger partial charge in [0.25, 0.3) is 0 Å². The van der Waals surface area contributed by atoms with Gasteiger partial charge < -0.3 is 10.1 Å². The molecule has 0 saturated carbocycles. The lowest BCUT2D eigenvalue weighted by Gasteiger charge is -2.10. The van der Waals surface area contributed by atoms with Crippen LogP contribution in [0.4, 0.5) is 11.5 Å². The van der Waals surface area contributed by atoms with Crippen molar-refractivity contribution in [2.45, 2.75) is 27.2 Å². The van der Waals surface area contributed by atoms with Crippen molar-refractivity contribution in [3.63, 3.8) is 0 Å². The third-order valence-corrected chi connectivity index (χ3v) is 5.76. The minimum absolute atomic E-state index is 0.665. The first-order valence-corrected chi connectivity index (χ1v) is 10.3. The van der Waals surface area contributed by atoms with E-state index in [2.05, 4.69) is 65.5 Å². The number of nitrogens with one attached hydrogen (secondary N) is 1. The molecule has 0 aliphatic heterocycles. The molecule has 0 saturated heterocycles. The van der Waals surface area contributed by atoms with Crippen LogP contribution in [0, 0.1) is 6.92 Å². The van der Waals surface area contributed by atoms with Gasteiger partial charge >= 0.3 is 0 Å². The highest BCUT2D eigenvalue weighted by Crippen LogP contribution is 2.41. The summed E-state index contributed by atoms with van der Waals surface area (Å²) >= 11 is 1.70. The van der Waals surface area contributed by atoms with Gasteiger partial charge in [0.05, 0.1) is 12.0 Å². The summed E-state index contributed by atoms with van der Waals surface area (Å²) < 4.78 is 5.58. The first kappa shape index (κ1) is 18.4. The molecule has 28 heavy (non-hydrogen) atoms. The fourth-order valence-electron chi connectivity index (χ4n) is 3.33. The molecule has 4 aromatic rings. The number of hydrogen-bond acceptors (Lipinski definition) is 5. The molecule has 4 nitrogen and oxygen atoms in total. The summed E-state index contributed by atoms with van der Waals surface area (Å²) in [5, 5.41) is 4.55. The summed E-state index contributed by atoms with van der Waals surface area (Å²) in [7, 11) is 0. The Labute approximate surface area is 169 Å². The van der Waals surface area contributed by atoms with Crippen LogP contribution in [0.25, 0.3) is 21.3 Å². The van der Waals surface area contributed by atoms with Gasteiger partial charge in [-0.3, -0.25) is 0 Å². The summed E-state index contributed by atoms with van der Waals surface area (Å²) in [5.74, 6) is 1.72. The van der Waals surface area contributed by atoms with Crippen LogP contribution in [0.15, 0.2) is 54.9 Å². The number of aryl methyl sites for hydroxylation is 2. The molecule has 2 aromatic heterocycles. The minimum Gasteiger partial charge on any atom is -0.494 e. The number of benzene rings is 2. The normalized spacial score (nSPS) is 11.0. The molecule has 142 valence electrons. The predicted molar refractivity (Wildman–Crippen MR) is 118 cm³/mol. The molecule has 0 bridgehead atoms. The first-order valence-electron chi connectivity index (χ1n) is 9.53. The van der Waals surface area contributed by atoms with E-state index in [0.29, 0.717) is 6.61 Å². The predicted octanol–water partition coefficient (Wildman–Crippen LogP) is 6.37. The van der Waals surface area contributed by atoms with Crippen molar-refractivity contribution >= 4 is 33.1 Å². The second kappa shape index (κ2) is 7.98. The Balaban J connectivity index is 1.77. The molecule has 2 aromatic carbocycles. The molecule has 0 atom stereocenters. The van der Waals surface area contributed by atoms with Crippen molar-refractivity contribution in [2.75, 3.05) is 11.9 Å². The molecule has 0 amide bonds. The van der Waals surface area contributed by atoms with Gasteiger partial charge in [-0.1, -0.05) is 31.2 Å². The molecule has 0 unspecified atom stereocenters. The van der Waals surface area contributed by atoms with Crippen LogP contribution in [0.5, 0.6) is 5.75 Å². The number of hydrogen-bond donors (Lipinski definition) is 1. The smallest absolute Gasteiger partial charge is 0.143 e. The van der Waals surface area contributed by atoms with Crippen LogP contribution in [-0.2, 0) is 6.42 Å². The van der Waals surface area contributed by atoms with E-state index in [1.165, 1.54) is 16.0 Å². The van der Waals surface area contributed by atoms with Crippen molar-refractivity contribution in [1.82, 2.24) is 9.97 Å². The van der Waals surface area contributed by atoms with Crippen LogP contribution >= 0.6 is 11.3 Å². The van der Waals surface area contributed by atoms with Gasteiger partial charge in [-0.2, -0.15) is 0 Å². The van der Waals surface area contributed by atoms with E-state index in [0.717, 1.165) is 39.5 Å². The monoisotopic (exact) mass is 389 g/mol. The first-order chi connectivity index (χ1) is 13.7. The Morgan fingerprint density at radius 1 is 0.964 bits per heavy atom. The standard InChI is InChI=1S/C23H23N3OS/c1-4-16-6-10-18(11-7-16)26-22-21-20(15(3)28-23(21)25-14-24-22)17-8-12-19(13-9-17)27-5-2/h6-14H,4-5H2,1-3H3,(H,24,25,26). The molecule has 5 heteroatoms. The lowest BCUT2D eigenvalue weighted by Crippen LogP contribution is -1.96. The van der Waals surface area contributed by atoms with Gasteiger partial charge in [0, 0.05) is 16.1 Å². The average Bonchev–Trinajstić information content (AvgIpc) is 3.06. The van der Waals surface area contributed by atoms with Gasteiger partial charge in [0.1, 0.15) is 22.7 Å². The van der Waals surface area contributed by atoms with Gasteiger partial charge in [0.2, 0.25) is 0 Å². The van der Waals surface area contributed by atoms with Gasteiger partial charge in [-0.15, -0.1) is 11.3 Å². The van der Waals surface area contributed by atoms with E-state index in [-0.39, 0.29) is 0 Å². The number of rotatable bonds is 6. The maximum atomic E-state index is 5.58. The van der Waals surface area contributed by atoms with Crippen LogP contribution in [0.2, 0.25) is 0 Å². The van der Waals surface area contributed by atoms with E-state index in [1.54, 1.807) is 17.7 Å². The molecule has 4 rings (SSSR count). The van der Waals surface area contributed by atoms with Crippen molar-refractivity contribution in [1.29, 1.82) is 0 Å². The number of ether oxygens (including phenoxy) is 1. The van der Waals surface area contributed by atoms with E-state index in [1.807, 2.05) is 19.1 Å². The van der Waals surface area contributed by atoms with Crippen molar-refractivity contribution < 1.29 is 4.74 Å². The van der Waals surface area contributed by atoms with Crippen molar-refractivity contribution in [3.8, 4) is 16.9 Å². The third kappa shape index (κ3) is 3.58. The zero-order valence-electron chi connectivity index (χ0n) is 16.3. The van der Waals surface area contributed by atoms with E-state index < -0.39 is 0 Å². The highest BCUT2D eigenvalue weighted by Gasteiger charge is 2.17. The molecular formula is C23H23N3OS. The molecular weight excluding hydrogens is 366 g/mol. The Kier molecular flexibility index (Phi) is 5.26. The van der Waals surface area contributed by atoms with E-state index in [4.69, 9.17) is 4.74 Å². The molecule has 0 spiro atoms. The van der Waals surface area contributed by atoms with Gasteiger partial charge in [0.15, 0.2) is 0 Å². The highest BCUT2D eigenvalue weighted by molar-refractivity contribution is 7.19. The largest absolute Gasteiger partial charge is 0.494 e. The summed E-state index contributed by atoms with van der Waals surface area (Å²) in [6.07, 6.45) is 2.66. The number of aromatic nitrogens is 2. The average molecular weight is 390 g/mol. The number of fused-ring (bicyclic) bond motifs is 1. The number of nitrogens with zero attached hydrogens (tertiary/aromatic N) is 2. The topological polar surface area (TPSA) is 47.0 Å². The lowest BCUT2D eigenvalue weighted by molar-refractivity contribution is 0.340. The SMILES string of the molecule is CCOc1ccc(-c2c(C)sc3ncnc(Nc4ccc(CC)cc4)c23)cc1. The molecule has 0 aliphatic carbocycles. The molecule has 1 N–H and O–H groups in total. The van der Waals surface area contributed by atoms with Crippen molar-refractivity contribution in [3.05, 3.63) is 65.3 Å². The van der Waals surface area contributed by atoms with Gasteiger partial charge in [-0.25, -0.2) is 9.97 Å². The second-order valence-corrected chi connectivity index (χ2v) is 7.77. The van der Waals surface area contributed by atoms with Crippen molar-refractivity contribution in [2.24, 2.45) is 0 Å². The molecule has 0 aliphatic rings. The van der Waals surface area contributed by atoms with Crippen LogP contribution in [-0.4, -0.2) is 16.6 Å². The molecule has 0 fully saturated rings. The second-order valence-electron chi connectivity index (χ2n) is 6.57. The summed E-state index contributed by atoms with van der Waals surface area (Å²) in [5.41, 5.74) is 4.67. The van der Waals surface area contributed by atoms with Gasteiger partial charge in [-0.05, 0) is 55.7 Å². The Bertz CT molecular complexity index is 1090. The Morgan fingerprint density at radius 2 is 1.71 bits per heavy atom.